The van der Waals surface area contributed by atoms with E-state index in [9.17, 15) is 18.0 Å². The topological polar surface area (TPSA) is 86.8 Å². The molecule has 0 aliphatic rings. The number of hydrogen-bond donors (Lipinski definition) is 1. The van der Waals surface area contributed by atoms with Gasteiger partial charge >= 0.3 is 0 Å². The van der Waals surface area contributed by atoms with Crippen LogP contribution in [0.2, 0.25) is 5.02 Å². The van der Waals surface area contributed by atoms with Gasteiger partial charge in [0.1, 0.15) is 12.6 Å². The van der Waals surface area contributed by atoms with Gasteiger partial charge in [-0.2, -0.15) is 0 Å². The zero-order valence-electron chi connectivity index (χ0n) is 23.9. The number of nitrogens with one attached hydrogen (secondary N) is 1. The van der Waals surface area contributed by atoms with E-state index in [2.05, 4.69) is 21.2 Å². The summed E-state index contributed by atoms with van der Waals surface area (Å²) < 4.78 is 30.1. The van der Waals surface area contributed by atoms with E-state index in [1.165, 1.54) is 29.2 Å². The molecule has 0 spiro atoms. The predicted octanol–water partition coefficient (Wildman–Crippen LogP) is 6.38. The van der Waals surface area contributed by atoms with E-state index < -0.39 is 28.5 Å². The third-order valence-corrected chi connectivity index (χ3v) is 9.45. The van der Waals surface area contributed by atoms with E-state index in [0.717, 1.165) is 19.9 Å². The molecular formula is C33H33BrClN3O4S. The number of rotatable bonds is 12. The molecule has 4 aromatic rings. The summed E-state index contributed by atoms with van der Waals surface area (Å²) in [6.07, 6.45) is 0.251. The van der Waals surface area contributed by atoms with E-state index in [1.807, 2.05) is 61.5 Å². The SMILES string of the molecule is CCNC(=O)C(Cc1ccccc1)N(Cc1cccc(Br)c1)C(=O)CN(c1ccccc1C)S(=O)(=O)c1ccc(Cl)cc1. The zero-order valence-corrected chi connectivity index (χ0v) is 27.1. The van der Waals surface area contributed by atoms with Crippen LogP contribution in [-0.4, -0.2) is 44.3 Å². The Kier molecular flexibility index (Phi) is 11.0. The quantitative estimate of drug-likeness (QED) is 0.188. The van der Waals surface area contributed by atoms with E-state index in [1.54, 1.807) is 31.2 Å². The Morgan fingerprint density at radius 3 is 2.19 bits per heavy atom. The second-order valence-corrected chi connectivity index (χ2v) is 13.2. The van der Waals surface area contributed by atoms with Crippen LogP contribution in [0.1, 0.15) is 23.6 Å². The molecule has 224 valence electrons. The Balaban J connectivity index is 1.80. The summed E-state index contributed by atoms with van der Waals surface area (Å²) in [6.45, 7) is 3.56. The Bertz CT molecular complexity index is 1670. The first-order chi connectivity index (χ1) is 20.6. The number of para-hydroxylation sites is 1. The largest absolute Gasteiger partial charge is 0.355 e. The van der Waals surface area contributed by atoms with Gasteiger partial charge in [0.05, 0.1) is 10.6 Å². The van der Waals surface area contributed by atoms with Gasteiger partial charge in [0, 0.05) is 29.0 Å². The standard InChI is InChI=1S/C33H33BrClN3O4S/c1-3-36-33(40)31(21-25-11-5-4-6-12-25)37(22-26-13-9-14-27(34)20-26)32(39)23-38(30-15-8-7-10-24(30)2)43(41,42)29-18-16-28(35)17-19-29/h4-20,31H,3,21-23H2,1-2H3,(H,36,40). The minimum atomic E-state index is -4.20. The summed E-state index contributed by atoms with van der Waals surface area (Å²) >= 11 is 9.53. The zero-order chi connectivity index (χ0) is 31.0. The smallest absolute Gasteiger partial charge is 0.264 e. The van der Waals surface area contributed by atoms with Crippen LogP contribution in [0.25, 0.3) is 0 Å². The monoisotopic (exact) mass is 681 g/mol. The van der Waals surface area contributed by atoms with Gasteiger partial charge < -0.3 is 10.2 Å². The number of aryl methyl sites for hydroxylation is 1. The second-order valence-electron chi connectivity index (χ2n) is 10.0. The fourth-order valence-electron chi connectivity index (χ4n) is 4.77. The molecule has 2 amide bonds. The van der Waals surface area contributed by atoms with Crippen molar-refractivity contribution in [3.05, 3.63) is 129 Å². The lowest BCUT2D eigenvalue weighted by atomic mass is 10.0. The summed E-state index contributed by atoms with van der Waals surface area (Å²) in [7, 11) is -4.20. The van der Waals surface area contributed by atoms with Crippen LogP contribution in [0.3, 0.4) is 0 Å². The maximum absolute atomic E-state index is 14.4. The van der Waals surface area contributed by atoms with Crippen LogP contribution in [0.15, 0.2) is 112 Å². The average molecular weight is 683 g/mol. The summed E-state index contributed by atoms with van der Waals surface area (Å²) in [5, 5.41) is 3.26. The first-order valence-electron chi connectivity index (χ1n) is 13.8. The van der Waals surface area contributed by atoms with Crippen LogP contribution in [0.4, 0.5) is 5.69 Å². The second kappa shape index (κ2) is 14.7. The van der Waals surface area contributed by atoms with Crippen molar-refractivity contribution in [1.82, 2.24) is 10.2 Å². The summed E-state index contributed by atoms with van der Waals surface area (Å²) in [5.74, 6) is -0.842. The number of sulfonamides is 1. The first kappa shape index (κ1) is 32.3. The van der Waals surface area contributed by atoms with Gasteiger partial charge in [-0.15, -0.1) is 0 Å². The highest BCUT2D eigenvalue weighted by Crippen LogP contribution is 2.28. The lowest BCUT2D eigenvalue weighted by Gasteiger charge is -2.34. The van der Waals surface area contributed by atoms with Gasteiger partial charge in [-0.25, -0.2) is 8.42 Å². The normalized spacial score (nSPS) is 11.9. The Labute approximate surface area is 266 Å². The highest BCUT2D eigenvalue weighted by Gasteiger charge is 2.35. The molecule has 1 N–H and O–H groups in total. The van der Waals surface area contributed by atoms with Crippen LogP contribution in [-0.2, 0) is 32.6 Å². The van der Waals surface area contributed by atoms with Crippen molar-refractivity contribution in [3.63, 3.8) is 0 Å². The molecule has 0 fully saturated rings. The molecule has 1 unspecified atom stereocenters. The van der Waals surface area contributed by atoms with Gasteiger partial charge in [0.2, 0.25) is 11.8 Å². The minimum Gasteiger partial charge on any atom is -0.355 e. The first-order valence-corrected chi connectivity index (χ1v) is 16.4. The van der Waals surface area contributed by atoms with E-state index in [4.69, 9.17) is 11.6 Å². The lowest BCUT2D eigenvalue weighted by Crippen LogP contribution is -2.53. The van der Waals surface area contributed by atoms with E-state index >= 15 is 0 Å². The van der Waals surface area contributed by atoms with Crippen molar-refractivity contribution in [1.29, 1.82) is 0 Å². The van der Waals surface area contributed by atoms with Crippen LogP contribution in [0.5, 0.6) is 0 Å². The molecule has 4 rings (SSSR count). The summed E-state index contributed by atoms with van der Waals surface area (Å²) in [5.41, 5.74) is 2.70. The van der Waals surface area contributed by atoms with Crippen molar-refractivity contribution >= 4 is 55.1 Å². The van der Waals surface area contributed by atoms with Gasteiger partial charge in [-0.1, -0.05) is 88.2 Å². The van der Waals surface area contributed by atoms with Gasteiger partial charge in [0.15, 0.2) is 0 Å². The van der Waals surface area contributed by atoms with Crippen LogP contribution >= 0.6 is 27.5 Å². The molecule has 0 bridgehead atoms. The van der Waals surface area contributed by atoms with Crippen molar-refractivity contribution in [3.8, 4) is 0 Å². The molecule has 10 heteroatoms. The number of likely N-dealkylation sites (N-methyl/N-ethyl adjacent to an activating group) is 1. The molecule has 0 aliphatic carbocycles. The number of benzene rings is 4. The number of amides is 2. The summed E-state index contributed by atoms with van der Waals surface area (Å²) in [6, 6.07) is 28.8. The van der Waals surface area contributed by atoms with Crippen molar-refractivity contribution in [2.45, 2.75) is 37.8 Å². The molecule has 0 saturated heterocycles. The molecule has 0 aromatic heterocycles. The maximum atomic E-state index is 14.4. The van der Waals surface area contributed by atoms with Gasteiger partial charge in [0.25, 0.3) is 10.0 Å². The van der Waals surface area contributed by atoms with E-state index in [-0.39, 0.29) is 23.8 Å². The van der Waals surface area contributed by atoms with Crippen LogP contribution < -0.4 is 9.62 Å². The van der Waals surface area contributed by atoms with Gasteiger partial charge in [-0.3, -0.25) is 13.9 Å². The van der Waals surface area contributed by atoms with Crippen molar-refractivity contribution < 1.29 is 18.0 Å². The minimum absolute atomic E-state index is 0.00365. The Hall–Kier alpha value is -3.66. The third kappa shape index (κ3) is 8.25. The number of carbonyl (C=O) groups excluding carboxylic acids is 2. The Morgan fingerprint density at radius 1 is 0.884 bits per heavy atom. The third-order valence-electron chi connectivity index (χ3n) is 6.93. The number of hydrogen-bond acceptors (Lipinski definition) is 4. The lowest BCUT2D eigenvalue weighted by molar-refractivity contribution is -0.140. The highest BCUT2D eigenvalue weighted by atomic mass is 79.9. The predicted molar refractivity (Wildman–Crippen MR) is 174 cm³/mol. The number of halogens is 2. The molecule has 4 aromatic carbocycles. The molecule has 1 atom stereocenters. The van der Waals surface area contributed by atoms with E-state index in [0.29, 0.717) is 22.8 Å². The molecule has 0 aliphatic heterocycles. The average Bonchev–Trinajstić information content (AvgIpc) is 2.99. The maximum Gasteiger partial charge on any atom is 0.264 e. The molecular weight excluding hydrogens is 650 g/mol. The van der Waals surface area contributed by atoms with Crippen molar-refractivity contribution in [2.75, 3.05) is 17.4 Å². The van der Waals surface area contributed by atoms with Gasteiger partial charge in [-0.05, 0) is 73.0 Å². The highest BCUT2D eigenvalue weighted by molar-refractivity contribution is 9.10. The number of nitrogens with zero attached hydrogens (tertiary/aromatic N) is 2. The fourth-order valence-corrected chi connectivity index (χ4v) is 6.82. The van der Waals surface area contributed by atoms with Crippen LogP contribution in [0, 0.1) is 6.92 Å². The van der Waals surface area contributed by atoms with Crippen molar-refractivity contribution in [2.24, 2.45) is 0 Å². The molecule has 43 heavy (non-hydrogen) atoms. The summed E-state index contributed by atoms with van der Waals surface area (Å²) in [4.78, 5) is 29.4. The Morgan fingerprint density at radius 2 is 1.53 bits per heavy atom. The molecule has 0 radical (unpaired) electrons. The number of anilines is 1. The molecule has 7 nitrogen and oxygen atoms in total. The number of carbonyl (C=O) groups is 2. The molecule has 0 saturated carbocycles. The fraction of sp³-hybridized carbons (Fsp3) is 0.212. The molecule has 0 heterocycles.